The summed E-state index contributed by atoms with van der Waals surface area (Å²) in [5.74, 6) is 0.446. The number of methoxy groups -OCH3 is 1. The van der Waals surface area contributed by atoms with Gasteiger partial charge in [0, 0.05) is 13.2 Å². The van der Waals surface area contributed by atoms with Crippen molar-refractivity contribution in [3.05, 3.63) is 48.3 Å². The summed E-state index contributed by atoms with van der Waals surface area (Å²) in [5.41, 5.74) is 6.71. The molecular formula is C14H17N3O3S. The molecule has 6 nitrogen and oxygen atoms in total. The Labute approximate surface area is 124 Å². The molecule has 0 unspecified atom stereocenters. The monoisotopic (exact) mass is 307 g/mol. The fourth-order valence-electron chi connectivity index (χ4n) is 1.86. The van der Waals surface area contributed by atoms with Crippen molar-refractivity contribution in [2.24, 2.45) is 0 Å². The average Bonchev–Trinajstić information content (AvgIpc) is 2.48. The van der Waals surface area contributed by atoms with Crippen molar-refractivity contribution < 1.29 is 13.2 Å². The van der Waals surface area contributed by atoms with Crippen molar-refractivity contribution in [2.45, 2.75) is 11.4 Å². The Hall–Kier alpha value is -2.12. The highest BCUT2D eigenvalue weighted by atomic mass is 32.2. The number of hydrogen-bond donors (Lipinski definition) is 1. The fourth-order valence-corrected chi connectivity index (χ4v) is 3.04. The quantitative estimate of drug-likeness (QED) is 0.846. The number of nitrogens with zero attached hydrogens (tertiary/aromatic N) is 2. The Kier molecular flexibility index (Phi) is 4.44. The third-order valence-electron chi connectivity index (χ3n) is 3.02. The molecule has 1 aromatic carbocycles. The summed E-state index contributed by atoms with van der Waals surface area (Å²) in [6.07, 6.45) is 1.63. The summed E-state index contributed by atoms with van der Waals surface area (Å²) < 4.78 is 31.2. The van der Waals surface area contributed by atoms with E-state index in [1.165, 1.54) is 36.7 Å². The smallest absolute Gasteiger partial charge is 0.243 e. The molecular weight excluding hydrogens is 290 g/mol. The summed E-state index contributed by atoms with van der Waals surface area (Å²) in [4.78, 5) is 4.24. The molecule has 21 heavy (non-hydrogen) atoms. The van der Waals surface area contributed by atoms with E-state index in [1.54, 1.807) is 18.3 Å². The zero-order chi connectivity index (χ0) is 15.5. The van der Waals surface area contributed by atoms with Crippen molar-refractivity contribution in [1.29, 1.82) is 0 Å². The van der Waals surface area contributed by atoms with Crippen LogP contribution >= 0.6 is 0 Å². The molecule has 7 heteroatoms. The number of nitrogens with two attached hydrogens (primary N) is 1. The van der Waals surface area contributed by atoms with Crippen molar-refractivity contribution in [2.75, 3.05) is 19.9 Å². The molecule has 0 saturated carbocycles. The highest BCUT2D eigenvalue weighted by Crippen LogP contribution is 2.26. The van der Waals surface area contributed by atoms with Crippen LogP contribution in [0.3, 0.4) is 0 Å². The lowest BCUT2D eigenvalue weighted by Gasteiger charge is -2.17. The standard InChI is InChI=1S/C14H17N3O3S/c1-17(10-11-5-3-4-8-16-11)21(18,19)12-6-7-14(20-2)13(15)9-12/h3-9H,10,15H2,1-2H3. The molecule has 2 N–H and O–H groups in total. The molecule has 2 rings (SSSR count). The lowest BCUT2D eigenvalue weighted by atomic mass is 10.3. The van der Waals surface area contributed by atoms with Gasteiger partial charge in [0.05, 0.1) is 29.9 Å². The third-order valence-corrected chi connectivity index (χ3v) is 4.82. The number of benzene rings is 1. The lowest BCUT2D eigenvalue weighted by molar-refractivity contribution is 0.416. The number of pyridine rings is 1. The van der Waals surface area contributed by atoms with Gasteiger partial charge in [-0.25, -0.2) is 8.42 Å². The van der Waals surface area contributed by atoms with Crippen LogP contribution in [0.5, 0.6) is 5.75 Å². The first-order valence-electron chi connectivity index (χ1n) is 6.25. The molecule has 0 aliphatic heterocycles. The number of rotatable bonds is 5. The number of nitrogen functional groups attached to an aromatic ring is 1. The van der Waals surface area contributed by atoms with E-state index in [1.807, 2.05) is 6.07 Å². The van der Waals surface area contributed by atoms with Crippen LogP contribution in [0.1, 0.15) is 5.69 Å². The second kappa shape index (κ2) is 6.11. The van der Waals surface area contributed by atoms with Crippen LogP contribution in [0, 0.1) is 0 Å². The summed E-state index contributed by atoms with van der Waals surface area (Å²) in [6.45, 7) is 0.190. The van der Waals surface area contributed by atoms with Crippen LogP contribution in [-0.2, 0) is 16.6 Å². The van der Waals surface area contributed by atoms with E-state index in [9.17, 15) is 8.42 Å². The van der Waals surface area contributed by atoms with Crippen molar-refractivity contribution in [3.8, 4) is 5.75 Å². The predicted octanol–water partition coefficient (Wildman–Crippen LogP) is 1.49. The molecule has 0 aliphatic rings. The van der Waals surface area contributed by atoms with E-state index in [2.05, 4.69) is 4.98 Å². The first-order chi connectivity index (χ1) is 9.95. The number of sulfonamides is 1. The average molecular weight is 307 g/mol. The van der Waals surface area contributed by atoms with Gasteiger partial charge < -0.3 is 10.5 Å². The van der Waals surface area contributed by atoms with Crippen LogP contribution in [0.15, 0.2) is 47.5 Å². The van der Waals surface area contributed by atoms with Crippen LogP contribution in [-0.4, -0.2) is 31.9 Å². The van der Waals surface area contributed by atoms with Crippen LogP contribution in [0.25, 0.3) is 0 Å². The van der Waals surface area contributed by atoms with E-state index in [-0.39, 0.29) is 17.1 Å². The Morgan fingerprint density at radius 3 is 2.62 bits per heavy atom. The molecule has 1 aromatic heterocycles. The second-order valence-electron chi connectivity index (χ2n) is 4.49. The fraction of sp³-hybridized carbons (Fsp3) is 0.214. The Bertz CT molecular complexity index is 717. The normalized spacial score (nSPS) is 11.6. The maximum absolute atomic E-state index is 12.5. The minimum atomic E-state index is -3.63. The van der Waals surface area contributed by atoms with Gasteiger partial charge in [-0.3, -0.25) is 4.98 Å². The summed E-state index contributed by atoms with van der Waals surface area (Å²) in [7, 11) is -0.643. The molecule has 0 saturated heterocycles. The molecule has 0 bridgehead atoms. The molecule has 112 valence electrons. The Morgan fingerprint density at radius 2 is 2.05 bits per heavy atom. The van der Waals surface area contributed by atoms with Crippen molar-refractivity contribution in [1.82, 2.24) is 9.29 Å². The summed E-state index contributed by atoms with van der Waals surface area (Å²) in [6, 6.07) is 9.77. The summed E-state index contributed by atoms with van der Waals surface area (Å²) >= 11 is 0. The van der Waals surface area contributed by atoms with E-state index in [0.717, 1.165) is 0 Å². The zero-order valence-corrected chi connectivity index (χ0v) is 12.7. The number of ether oxygens (including phenoxy) is 1. The van der Waals surface area contributed by atoms with Gasteiger partial charge in [-0.1, -0.05) is 6.07 Å². The van der Waals surface area contributed by atoms with E-state index in [0.29, 0.717) is 11.4 Å². The molecule has 0 aliphatic carbocycles. The molecule has 1 heterocycles. The first kappa shape index (κ1) is 15.3. The Morgan fingerprint density at radius 1 is 1.29 bits per heavy atom. The maximum atomic E-state index is 12.5. The molecule has 0 atom stereocenters. The number of anilines is 1. The van der Waals surface area contributed by atoms with Gasteiger partial charge in [-0.15, -0.1) is 0 Å². The lowest BCUT2D eigenvalue weighted by Crippen LogP contribution is -2.27. The van der Waals surface area contributed by atoms with Crippen molar-refractivity contribution >= 4 is 15.7 Å². The van der Waals surface area contributed by atoms with Gasteiger partial charge in [-0.2, -0.15) is 4.31 Å². The van der Waals surface area contributed by atoms with Crippen LogP contribution < -0.4 is 10.5 Å². The minimum Gasteiger partial charge on any atom is -0.495 e. The summed E-state index contributed by atoms with van der Waals surface area (Å²) in [5, 5.41) is 0. The maximum Gasteiger partial charge on any atom is 0.243 e. The van der Waals surface area contributed by atoms with Gasteiger partial charge in [-0.05, 0) is 30.3 Å². The van der Waals surface area contributed by atoms with E-state index in [4.69, 9.17) is 10.5 Å². The minimum absolute atomic E-state index is 0.124. The van der Waals surface area contributed by atoms with Gasteiger partial charge >= 0.3 is 0 Å². The molecule has 2 aromatic rings. The van der Waals surface area contributed by atoms with Gasteiger partial charge in [0.2, 0.25) is 10.0 Å². The SMILES string of the molecule is COc1ccc(S(=O)(=O)N(C)Cc2ccccn2)cc1N. The van der Waals surface area contributed by atoms with Gasteiger partial charge in [0.15, 0.2) is 0 Å². The van der Waals surface area contributed by atoms with Crippen LogP contribution in [0.2, 0.25) is 0 Å². The topological polar surface area (TPSA) is 85.5 Å². The zero-order valence-electron chi connectivity index (χ0n) is 11.9. The second-order valence-corrected chi connectivity index (χ2v) is 6.53. The highest BCUT2D eigenvalue weighted by Gasteiger charge is 2.22. The largest absolute Gasteiger partial charge is 0.495 e. The van der Waals surface area contributed by atoms with E-state index >= 15 is 0 Å². The van der Waals surface area contributed by atoms with Gasteiger partial charge in [0.1, 0.15) is 5.75 Å². The highest BCUT2D eigenvalue weighted by molar-refractivity contribution is 7.89. The molecule has 0 amide bonds. The predicted molar refractivity (Wildman–Crippen MR) is 80.3 cm³/mol. The molecule has 0 spiro atoms. The van der Waals surface area contributed by atoms with E-state index < -0.39 is 10.0 Å². The van der Waals surface area contributed by atoms with Gasteiger partial charge in [0.25, 0.3) is 0 Å². The Balaban J connectivity index is 2.27. The molecule has 0 fully saturated rings. The van der Waals surface area contributed by atoms with Crippen LogP contribution in [0.4, 0.5) is 5.69 Å². The third kappa shape index (κ3) is 3.32. The molecule has 0 radical (unpaired) electrons. The first-order valence-corrected chi connectivity index (χ1v) is 7.69. The number of aromatic nitrogens is 1. The van der Waals surface area contributed by atoms with Crippen molar-refractivity contribution in [3.63, 3.8) is 0 Å². The number of hydrogen-bond acceptors (Lipinski definition) is 5.